The van der Waals surface area contributed by atoms with Gasteiger partial charge in [-0.05, 0) is 18.9 Å². The van der Waals surface area contributed by atoms with E-state index in [1.54, 1.807) is 10.7 Å². The average molecular weight is 319 g/mol. The Hall–Kier alpha value is -2.64. The number of hydrogen-bond donors (Lipinski definition) is 3. The Morgan fingerprint density at radius 2 is 2.17 bits per heavy atom. The van der Waals surface area contributed by atoms with Crippen LogP contribution in [0.1, 0.15) is 48.6 Å². The smallest absolute Gasteiger partial charge is 0.326 e. The van der Waals surface area contributed by atoms with Gasteiger partial charge in [0.05, 0.1) is 12.0 Å². The highest BCUT2D eigenvalue weighted by Crippen LogP contribution is 2.15. The van der Waals surface area contributed by atoms with Crippen LogP contribution < -0.4 is 5.32 Å². The van der Waals surface area contributed by atoms with Crippen molar-refractivity contribution in [2.75, 3.05) is 0 Å². The first kappa shape index (κ1) is 16.7. The van der Waals surface area contributed by atoms with Crippen LogP contribution >= 0.6 is 0 Å². The zero-order chi connectivity index (χ0) is 17.0. The number of aryl methyl sites for hydroxylation is 1. The molecule has 124 valence electrons. The summed E-state index contributed by atoms with van der Waals surface area (Å²) in [6.07, 6.45) is 3.14. The van der Waals surface area contributed by atoms with E-state index in [-0.39, 0.29) is 12.3 Å². The van der Waals surface area contributed by atoms with Gasteiger partial charge in [-0.15, -0.1) is 0 Å². The van der Waals surface area contributed by atoms with Crippen LogP contribution in [0.25, 0.3) is 0 Å². The van der Waals surface area contributed by atoms with Crippen LogP contribution in [0.5, 0.6) is 0 Å². The Morgan fingerprint density at radius 3 is 2.70 bits per heavy atom. The second kappa shape index (κ2) is 7.08. The summed E-state index contributed by atoms with van der Waals surface area (Å²) in [7, 11) is 0. The largest absolute Gasteiger partial charge is 0.480 e. The topological polar surface area (TPSA) is 113 Å². The van der Waals surface area contributed by atoms with Crippen LogP contribution in [0, 0.1) is 0 Å². The van der Waals surface area contributed by atoms with E-state index in [4.69, 9.17) is 0 Å². The summed E-state index contributed by atoms with van der Waals surface area (Å²) in [6.45, 7) is 6.39. The maximum Gasteiger partial charge on any atom is 0.326 e. The molecule has 0 radical (unpaired) electrons. The number of H-pyrrole nitrogens is 1. The van der Waals surface area contributed by atoms with Gasteiger partial charge in [-0.25, -0.2) is 9.78 Å². The van der Waals surface area contributed by atoms with Gasteiger partial charge in [0.1, 0.15) is 11.7 Å². The van der Waals surface area contributed by atoms with Crippen molar-refractivity contribution in [3.05, 3.63) is 35.7 Å². The number of aromatic nitrogens is 4. The maximum absolute atomic E-state index is 12.4. The third-order valence-electron chi connectivity index (χ3n) is 3.50. The fourth-order valence-corrected chi connectivity index (χ4v) is 2.19. The van der Waals surface area contributed by atoms with Crippen molar-refractivity contribution in [1.82, 2.24) is 25.1 Å². The third-order valence-corrected chi connectivity index (χ3v) is 3.50. The Kier molecular flexibility index (Phi) is 5.15. The second-order valence-electron chi connectivity index (χ2n) is 5.57. The van der Waals surface area contributed by atoms with Gasteiger partial charge in [-0.3, -0.25) is 9.48 Å². The molecule has 2 aromatic rings. The van der Waals surface area contributed by atoms with Gasteiger partial charge >= 0.3 is 5.97 Å². The molecule has 0 saturated heterocycles. The number of nitrogens with zero attached hydrogens (tertiary/aromatic N) is 3. The number of aliphatic carboxylic acids is 1. The number of imidazole rings is 1. The van der Waals surface area contributed by atoms with Crippen molar-refractivity contribution < 1.29 is 14.7 Å². The van der Waals surface area contributed by atoms with E-state index >= 15 is 0 Å². The Bertz CT molecular complexity index is 675. The zero-order valence-corrected chi connectivity index (χ0v) is 13.4. The quantitative estimate of drug-likeness (QED) is 0.709. The molecule has 0 aliphatic rings. The molecule has 0 fully saturated rings. The van der Waals surface area contributed by atoms with Crippen molar-refractivity contribution in [2.24, 2.45) is 0 Å². The molecule has 3 N–H and O–H groups in total. The minimum Gasteiger partial charge on any atom is -0.480 e. The number of rotatable bonds is 7. The monoisotopic (exact) mass is 319 g/mol. The third kappa shape index (κ3) is 3.97. The normalized spacial score (nSPS) is 12.3. The predicted molar refractivity (Wildman–Crippen MR) is 83.2 cm³/mol. The van der Waals surface area contributed by atoms with E-state index in [1.807, 2.05) is 20.8 Å². The highest BCUT2D eigenvalue weighted by molar-refractivity contribution is 5.95. The van der Waals surface area contributed by atoms with Crippen LogP contribution in [-0.2, 0) is 17.8 Å². The molecule has 2 heterocycles. The van der Waals surface area contributed by atoms with Crippen molar-refractivity contribution in [2.45, 2.75) is 45.7 Å². The summed E-state index contributed by atoms with van der Waals surface area (Å²) in [5, 5.41) is 16.2. The van der Waals surface area contributed by atoms with Crippen LogP contribution in [0.3, 0.4) is 0 Å². The van der Waals surface area contributed by atoms with Gasteiger partial charge in [-0.2, -0.15) is 5.10 Å². The van der Waals surface area contributed by atoms with E-state index in [0.717, 1.165) is 5.69 Å². The molecular formula is C15H21N5O3. The molecule has 8 nitrogen and oxygen atoms in total. The summed E-state index contributed by atoms with van der Waals surface area (Å²) in [5.74, 6) is -1.35. The zero-order valence-electron chi connectivity index (χ0n) is 13.4. The minimum absolute atomic E-state index is 0.137. The van der Waals surface area contributed by atoms with E-state index in [2.05, 4.69) is 20.4 Å². The summed E-state index contributed by atoms with van der Waals surface area (Å²) in [5.41, 5.74) is 1.81. The van der Waals surface area contributed by atoms with Gasteiger partial charge < -0.3 is 15.4 Å². The lowest BCUT2D eigenvalue weighted by Gasteiger charge is -2.14. The summed E-state index contributed by atoms with van der Waals surface area (Å²) >= 11 is 0. The molecule has 0 bridgehead atoms. The van der Waals surface area contributed by atoms with Crippen molar-refractivity contribution in [1.29, 1.82) is 0 Å². The molecular weight excluding hydrogens is 298 g/mol. The fraction of sp³-hybridized carbons (Fsp3) is 0.467. The highest BCUT2D eigenvalue weighted by Gasteiger charge is 2.24. The molecule has 0 saturated carbocycles. The van der Waals surface area contributed by atoms with Gasteiger partial charge in [0.2, 0.25) is 0 Å². The number of carbonyl (C=O) groups is 2. The number of amides is 1. The summed E-state index contributed by atoms with van der Waals surface area (Å²) < 4.78 is 1.58. The molecule has 0 unspecified atom stereocenters. The SMILES string of the molecule is CCn1nc(C(C)C)cc1C(=O)N[C@@H](Cc1cnc[nH]1)C(=O)O. The lowest BCUT2D eigenvalue weighted by molar-refractivity contribution is -0.139. The standard InChI is InChI=1S/C15H21N5O3/c1-4-20-13(6-11(19-20)9(2)3)14(21)18-12(15(22)23)5-10-7-16-8-17-10/h6-9,12H,4-5H2,1-3H3,(H,16,17)(H,18,21)(H,22,23)/t12-/m0/s1. The Morgan fingerprint density at radius 1 is 1.43 bits per heavy atom. The van der Waals surface area contributed by atoms with Crippen LogP contribution in [-0.4, -0.2) is 42.8 Å². The van der Waals surface area contributed by atoms with Gasteiger partial charge in [0, 0.05) is 24.9 Å². The summed E-state index contributed by atoms with van der Waals surface area (Å²) in [6, 6.07) is 0.671. The Balaban J connectivity index is 2.16. The average Bonchev–Trinajstić information content (AvgIpc) is 3.15. The first-order valence-corrected chi connectivity index (χ1v) is 7.51. The number of carboxylic acid groups (broad SMARTS) is 1. The predicted octanol–water partition coefficient (Wildman–Crippen LogP) is 1.18. The van der Waals surface area contributed by atoms with Crippen LogP contribution in [0.15, 0.2) is 18.6 Å². The van der Waals surface area contributed by atoms with E-state index < -0.39 is 17.9 Å². The molecule has 0 spiro atoms. The molecule has 0 aliphatic carbocycles. The van der Waals surface area contributed by atoms with Gasteiger partial charge in [0.15, 0.2) is 0 Å². The van der Waals surface area contributed by atoms with Crippen LogP contribution in [0.4, 0.5) is 0 Å². The number of carboxylic acids is 1. The van der Waals surface area contributed by atoms with Crippen molar-refractivity contribution in [3.63, 3.8) is 0 Å². The molecule has 8 heteroatoms. The lowest BCUT2D eigenvalue weighted by Crippen LogP contribution is -2.43. The Labute approximate surface area is 133 Å². The summed E-state index contributed by atoms with van der Waals surface area (Å²) in [4.78, 5) is 30.5. The molecule has 23 heavy (non-hydrogen) atoms. The number of aromatic amines is 1. The number of carbonyl (C=O) groups excluding carboxylic acids is 1. The molecule has 0 aliphatic heterocycles. The fourth-order valence-electron chi connectivity index (χ4n) is 2.19. The molecule has 0 aromatic carbocycles. The minimum atomic E-state index is -1.10. The van der Waals surface area contributed by atoms with Gasteiger partial charge in [-0.1, -0.05) is 13.8 Å². The lowest BCUT2D eigenvalue weighted by atomic mass is 10.1. The first-order valence-electron chi connectivity index (χ1n) is 7.51. The number of hydrogen-bond acceptors (Lipinski definition) is 4. The van der Waals surface area contributed by atoms with Crippen molar-refractivity contribution >= 4 is 11.9 Å². The van der Waals surface area contributed by atoms with E-state index in [9.17, 15) is 14.7 Å². The second-order valence-corrected chi connectivity index (χ2v) is 5.57. The van der Waals surface area contributed by atoms with Crippen molar-refractivity contribution in [3.8, 4) is 0 Å². The molecule has 2 rings (SSSR count). The molecule has 2 aromatic heterocycles. The van der Waals surface area contributed by atoms with Gasteiger partial charge in [0.25, 0.3) is 5.91 Å². The molecule has 1 amide bonds. The first-order chi connectivity index (χ1) is 10.9. The van der Waals surface area contributed by atoms with E-state index in [1.165, 1.54) is 12.5 Å². The van der Waals surface area contributed by atoms with E-state index in [0.29, 0.717) is 17.9 Å². The highest BCUT2D eigenvalue weighted by atomic mass is 16.4. The van der Waals surface area contributed by atoms with Crippen LogP contribution in [0.2, 0.25) is 0 Å². The number of nitrogens with one attached hydrogen (secondary N) is 2. The maximum atomic E-state index is 12.4. The molecule has 1 atom stereocenters.